The third-order valence-corrected chi connectivity index (χ3v) is 4.02. The van der Waals surface area contributed by atoms with Crippen molar-refractivity contribution in [2.45, 2.75) is 6.92 Å². The molecule has 28 heavy (non-hydrogen) atoms. The Labute approximate surface area is 160 Å². The Morgan fingerprint density at radius 2 is 1.93 bits per heavy atom. The molecule has 6 nitrogen and oxygen atoms in total. The zero-order valence-corrected chi connectivity index (χ0v) is 14.9. The topological polar surface area (TPSA) is 78.1 Å². The maximum atomic E-state index is 12.2. The van der Waals surface area contributed by atoms with Gasteiger partial charge in [0.1, 0.15) is 5.75 Å². The third kappa shape index (κ3) is 3.61. The van der Waals surface area contributed by atoms with Crippen molar-refractivity contribution in [2.24, 2.45) is 4.99 Å². The SMILES string of the molecule is Cc1cccc(C2=N/C(=C/c3ccccc3OC(=O)c3ccco3)C(=O)O2)c1. The second-order valence-corrected chi connectivity index (χ2v) is 6.11. The molecule has 3 aromatic rings. The molecule has 1 aromatic heterocycles. The Morgan fingerprint density at radius 3 is 2.71 bits per heavy atom. The van der Waals surface area contributed by atoms with E-state index in [9.17, 15) is 9.59 Å². The van der Waals surface area contributed by atoms with Crippen LogP contribution in [-0.4, -0.2) is 17.8 Å². The van der Waals surface area contributed by atoms with E-state index in [0.29, 0.717) is 11.1 Å². The van der Waals surface area contributed by atoms with E-state index in [4.69, 9.17) is 13.9 Å². The summed E-state index contributed by atoms with van der Waals surface area (Å²) in [5, 5.41) is 0. The van der Waals surface area contributed by atoms with Gasteiger partial charge in [0, 0.05) is 11.1 Å². The summed E-state index contributed by atoms with van der Waals surface area (Å²) in [7, 11) is 0. The van der Waals surface area contributed by atoms with Crippen LogP contribution in [0.15, 0.2) is 82.0 Å². The van der Waals surface area contributed by atoms with E-state index in [1.54, 1.807) is 30.3 Å². The fourth-order valence-corrected chi connectivity index (χ4v) is 2.70. The standard InChI is InChI=1S/C22H15NO5/c1-14-6-4-8-16(12-14)20-23-17(21(24)28-20)13-15-7-2-3-9-18(15)27-22(25)19-10-5-11-26-19/h2-13H,1H3/b17-13+. The van der Waals surface area contributed by atoms with Gasteiger partial charge in [0.2, 0.25) is 11.7 Å². The second-order valence-electron chi connectivity index (χ2n) is 6.11. The van der Waals surface area contributed by atoms with Crippen molar-refractivity contribution in [3.63, 3.8) is 0 Å². The lowest BCUT2D eigenvalue weighted by Crippen LogP contribution is -2.08. The van der Waals surface area contributed by atoms with Gasteiger partial charge in [-0.1, -0.05) is 35.9 Å². The van der Waals surface area contributed by atoms with Gasteiger partial charge in [0.15, 0.2) is 5.70 Å². The number of aryl methyl sites for hydroxylation is 1. The maximum Gasteiger partial charge on any atom is 0.379 e. The molecule has 4 rings (SSSR count). The number of aliphatic imine (C=N–C) groups is 1. The molecule has 0 unspecified atom stereocenters. The number of cyclic esters (lactones) is 1. The van der Waals surface area contributed by atoms with E-state index < -0.39 is 11.9 Å². The molecule has 0 amide bonds. The van der Waals surface area contributed by atoms with Gasteiger partial charge in [0.05, 0.1) is 6.26 Å². The van der Waals surface area contributed by atoms with Crippen LogP contribution >= 0.6 is 0 Å². The van der Waals surface area contributed by atoms with Crippen LogP contribution in [0.2, 0.25) is 0 Å². The van der Waals surface area contributed by atoms with Crippen LogP contribution in [0.1, 0.15) is 27.2 Å². The summed E-state index contributed by atoms with van der Waals surface area (Å²) in [6, 6.07) is 17.5. The Morgan fingerprint density at radius 1 is 1.07 bits per heavy atom. The summed E-state index contributed by atoms with van der Waals surface area (Å²) >= 11 is 0. The van der Waals surface area contributed by atoms with Crippen LogP contribution < -0.4 is 4.74 Å². The number of benzene rings is 2. The van der Waals surface area contributed by atoms with Crippen molar-refractivity contribution in [3.8, 4) is 5.75 Å². The molecule has 0 spiro atoms. The highest BCUT2D eigenvalue weighted by atomic mass is 16.6. The fraction of sp³-hybridized carbons (Fsp3) is 0.0455. The van der Waals surface area contributed by atoms with Gasteiger partial charge >= 0.3 is 11.9 Å². The minimum absolute atomic E-state index is 0.0856. The summed E-state index contributed by atoms with van der Waals surface area (Å²) in [6.07, 6.45) is 2.91. The lowest BCUT2D eigenvalue weighted by Gasteiger charge is -2.06. The van der Waals surface area contributed by atoms with Crippen molar-refractivity contribution in [1.29, 1.82) is 0 Å². The van der Waals surface area contributed by atoms with Crippen molar-refractivity contribution >= 4 is 23.9 Å². The highest BCUT2D eigenvalue weighted by Crippen LogP contribution is 2.25. The number of carbonyl (C=O) groups excluding carboxylic acids is 2. The Bertz CT molecular complexity index is 1110. The number of esters is 2. The quantitative estimate of drug-likeness (QED) is 0.390. The first-order chi connectivity index (χ1) is 13.6. The number of carbonyl (C=O) groups is 2. The molecule has 6 heteroatoms. The number of ether oxygens (including phenoxy) is 2. The van der Waals surface area contributed by atoms with Crippen molar-refractivity contribution in [2.75, 3.05) is 0 Å². The summed E-state index contributed by atoms with van der Waals surface area (Å²) in [5.41, 5.74) is 2.39. The molecule has 2 heterocycles. The summed E-state index contributed by atoms with van der Waals surface area (Å²) in [6.45, 7) is 1.95. The van der Waals surface area contributed by atoms with Gasteiger partial charge in [-0.2, -0.15) is 0 Å². The van der Waals surface area contributed by atoms with Gasteiger partial charge in [-0.15, -0.1) is 0 Å². The minimum atomic E-state index is -0.631. The average molecular weight is 373 g/mol. The van der Waals surface area contributed by atoms with Crippen LogP contribution in [0.25, 0.3) is 6.08 Å². The predicted molar refractivity (Wildman–Crippen MR) is 102 cm³/mol. The van der Waals surface area contributed by atoms with Crippen LogP contribution in [0.5, 0.6) is 5.75 Å². The normalized spacial score (nSPS) is 14.7. The summed E-state index contributed by atoms with van der Waals surface area (Å²) < 4.78 is 15.7. The monoisotopic (exact) mass is 373 g/mol. The lowest BCUT2D eigenvalue weighted by molar-refractivity contribution is -0.129. The van der Waals surface area contributed by atoms with Gasteiger partial charge in [-0.25, -0.2) is 14.6 Å². The van der Waals surface area contributed by atoms with Crippen molar-refractivity contribution < 1.29 is 23.5 Å². The Hall–Kier alpha value is -3.93. The van der Waals surface area contributed by atoms with E-state index in [1.165, 1.54) is 18.4 Å². The first-order valence-corrected chi connectivity index (χ1v) is 8.54. The van der Waals surface area contributed by atoms with E-state index >= 15 is 0 Å². The lowest BCUT2D eigenvalue weighted by atomic mass is 10.1. The van der Waals surface area contributed by atoms with E-state index in [-0.39, 0.29) is 23.1 Å². The van der Waals surface area contributed by atoms with E-state index in [1.807, 2.05) is 31.2 Å². The van der Waals surface area contributed by atoms with Crippen molar-refractivity contribution in [3.05, 3.63) is 95.1 Å². The molecular weight excluding hydrogens is 358 g/mol. The number of hydrogen-bond donors (Lipinski definition) is 0. The van der Waals surface area contributed by atoms with Crippen LogP contribution in [0.4, 0.5) is 0 Å². The molecule has 0 atom stereocenters. The van der Waals surface area contributed by atoms with Crippen LogP contribution in [0, 0.1) is 6.92 Å². The first kappa shape index (κ1) is 17.5. The molecule has 1 aliphatic heterocycles. The van der Waals surface area contributed by atoms with Crippen LogP contribution in [-0.2, 0) is 9.53 Å². The Kier molecular flexibility index (Phi) is 4.60. The number of nitrogens with zero attached hydrogens (tertiary/aromatic N) is 1. The molecular formula is C22H15NO5. The minimum Gasteiger partial charge on any atom is -0.457 e. The Balaban J connectivity index is 1.64. The smallest absolute Gasteiger partial charge is 0.379 e. The second kappa shape index (κ2) is 7.36. The van der Waals surface area contributed by atoms with Gasteiger partial charge < -0.3 is 13.9 Å². The summed E-state index contributed by atoms with van der Waals surface area (Å²) in [5.74, 6) is -0.589. The molecule has 0 aliphatic carbocycles. The zero-order chi connectivity index (χ0) is 19.5. The number of furan rings is 1. The molecule has 0 N–H and O–H groups in total. The van der Waals surface area contributed by atoms with Gasteiger partial charge in [0.25, 0.3) is 0 Å². The number of hydrogen-bond acceptors (Lipinski definition) is 6. The maximum absolute atomic E-state index is 12.2. The third-order valence-electron chi connectivity index (χ3n) is 4.02. The van der Waals surface area contributed by atoms with E-state index in [2.05, 4.69) is 4.99 Å². The molecule has 0 fully saturated rings. The summed E-state index contributed by atoms with van der Waals surface area (Å²) in [4.78, 5) is 28.7. The number of para-hydroxylation sites is 1. The molecule has 0 bridgehead atoms. The molecule has 2 aromatic carbocycles. The predicted octanol–water partition coefficient (Wildman–Crippen LogP) is 4.15. The largest absolute Gasteiger partial charge is 0.457 e. The molecule has 0 saturated heterocycles. The highest BCUT2D eigenvalue weighted by molar-refractivity contribution is 6.13. The number of rotatable bonds is 4. The first-order valence-electron chi connectivity index (χ1n) is 8.54. The van der Waals surface area contributed by atoms with Gasteiger partial charge in [-0.05, 0) is 43.3 Å². The van der Waals surface area contributed by atoms with Crippen molar-refractivity contribution in [1.82, 2.24) is 0 Å². The zero-order valence-electron chi connectivity index (χ0n) is 14.9. The van der Waals surface area contributed by atoms with Gasteiger partial charge in [-0.3, -0.25) is 0 Å². The average Bonchev–Trinajstić information content (AvgIpc) is 3.34. The fourth-order valence-electron chi connectivity index (χ4n) is 2.70. The highest BCUT2D eigenvalue weighted by Gasteiger charge is 2.25. The molecule has 1 aliphatic rings. The van der Waals surface area contributed by atoms with Crippen LogP contribution in [0.3, 0.4) is 0 Å². The molecule has 0 radical (unpaired) electrons. The molecule has 0 saturated carbocycles. The van der Waals surface area contributed by atoms with E-state index in [0.717, 1.165) is 5.56 Å². The molecule has 138 valence electrons.